The fraction of sp³-hybridized carbons (Fsp3) is 0.462. The Balaban J connectivity index is 1.80. The third kappa shape index (κ3) is 3.75. The van der Waals surface area contributed by atoms with E-state index in [1.807, 2.05) is 0 Å². The monoisotopic (exact) mass is 264 g/mol. The molecule has 2 rings (SSSR count). The highest BCUT2D eigenvalue weighted by atomic mass is 16.6. The average molecular weight is 264 g/mol. The highest BCUT2D eigenvalue weighted by Crippen LogP contribution is 2.11. The number of rotatable bonds is 5. The van der Waals surface area contributed by atoms with Crippen molar-refractivity contribution < 1.29 is 14.6 Å². The number of nitro benzene ring substituents is 1. The third-order valence-electron chi connectivity index (χ3n) is 3.42. The Morgan fingerprint density at radius 2 is 1.89 bits per heavy atom. The fourth-order valence-electron chi connectivity index (χ4n) is 2.31. The van der Waals surface area contributed by atoms with Gasteiger partial charge >= 0.3 is 0 Å². The van der Waals surface area contributed by atoms with Crippen LogP contribution < -0.4 is 10.2 Å². The molecule has 1 aromatic rings. The molecular weight excluding hydrogens is 246 g/mol. The van der Waals surface area contributed by atoms with E-state index >= 15 is 0 Å². The van der Waals surface area contributed by atoms with Gasteiger partial charge in [0.2, 0.25) is 0 Å². The van der Waals surface area contributed by atoms with E-state index in [0.29, 0.717) is 12.1 Å². The molecule has 1 heterocycles. The first kappa shape index (κ1) is 13.5. The van der Waals surface area contributed by atoms with Crippen LogP contribution in [0.25, 0.3) is 0 Å². The molecule has 19 heavy (non-hydrogen) atoms. The molecule has 0 saturated carbocycles. The van der Waals surface area contributed by atoms with Gasteiger partial charge in [-0.15, -0.1) is 0 Å². The Morgan fingerprint density at radius 3 is 2.47 bits per heavy atom. The normalized spacial score (nSPS) is 15.4. The van der Waals surface area contributed by atoms with Crippen molar-refractivity contribution in [3.05, 3.63) is 39.9 Å². The van der Waals surface area contributed by atoms with E-state index in [1.165, 1.54) is 55.1 Å². The molecule has 6 nitrogen and oxygen atoms in total. The molecule has 0 spiro atoms. The van der Waals surface area contributed by atoms with Gasteiger partial charge in [-0.3, -0.25) is 14.9 Å². The molecule has 102 valence electrons. The van der Waals surface area contributed by atoms with E-state index in [4.69, 9.17) is 0 Å². The number of quaternary nitrogens is 1. The van der Waals surface area contributed by atoms with Gasteiger partial charge in [-0.1, -0.05) is 0 Å². The number of nitrogens with one attached hydrogen (secondary N) is 2. The number of likely N-dealkylation sites (tertiary alicyclic amines) is 1. The summed E-state index contributed by atoms with van der Waals surface area (Å²) in [7, 11) is 0. The molecule has 1 aliphatic rings. The van der Waals surface area contributed by atoms with Crippen molar-refractivity contribution in [3.63, 3.8) is 0 Å². The minimum Gasteiger partial charge on any atom is -0.346 e. The van der Waals surface area contributed by atoms with Gasteiger partial charge in [0, 0.05) is 30.5 Å². The lowest BCUT2D eigenvalue weighted by Crippen LogP contribution is -3.10. The molecule has 0 unspecified atom stereocenters. The van der Waals surface area contributed by atoms with Gasteiger partial charge in [0.05, 0.1) is 31.1 Å². The molecular formula is C13H18N3O3+. The summed E-state index contributed by atoms with van der Waals surface area (Å²) in [5.74, 6) is -0.173. The molecule has 0 bridgehead atoms. The molecule has 1 aromatic carbocycles. The van der Waals surface area contributed by atoms with Crippen LogP contribution in [0.3, 0.4) is 0 Å². The van der Waals surface area contributed by atoms with Gasteiger partial charge < -0.3 is 10.2 Å². The first-order chi connectivity index (χ1) is 9.16. The molecule has 1 fully saturated rings. The molecule has 1 saturated heterocycles. The average Bonchev–Trinajstić information content (AvgIpc) is 2.92. The van der Waals surface area contributed by atoms with Gasteiger partial charge in [-0.2, -0.15) is 0 Å². The molecule has 2 N–H and O–H groups in total. The SMILES string of the molecule is O=C(NCC[NH+]1CCCC1)c1ccc([N+](=O)[O-])cc1. The van der Waals surface area contributed by atoms with Gasteiger partial charge in [0.1, 0.15) is 0 Å². The van der Waals surface area contributed by atoms with Crippen LogP contribution in [-0.4, -0.2) is 37.0 Å². The first-order valence-electron chi connectivity index (χ1n) is 6.53. The number of benzene rings is 1. The van der Waals surface area contributed by atoms with Gasteiger partial charge in [0.25, 0.3) is 11.6 Å². The van der Waals surface area contributed by atoms with Crippen LogP contribution in [-0.2, 0) is 0 Å². The van der Waals surface area contributed by atoms with Gasteiger partial charge in [-0.05, 0) is 12.1 Å². The summed E-state index contributed by atoms with van der Waals surface area (Å²) in [5.41, 5.74) is 0.458. The summed E-state index contributed by atoms with van der Waals surface area (Å²) >= 11 is 0. The van der Waals surface area contributed by atoms with Crippen LogP contribution in [0.15, 0.2) is 24.3 Å². The molecule has 1 aliphatic heterocycles. The zero-order chi connectivity index (χ0) is 13.7. The zero-order valence-corrected chi connectivity index (χ0v) is 10.7. The summed E-state index contributed by atoms with van der Waals surface area (Å²) in [6, 6.07) is 5.66. The maximum atomic E-state index is 11.8. The Hall–Kier alpha value is -1.95. The van der Waals surface area contributed by atoms with Gasteiger partial charge in [0.15, 0.2) is 0 Å². The Morgan fingerprint density at radius 1 is 1.26 bits per heavy atom. The number of carbonyl (C=O) groups is 1. The number of non-ortho nitro benzene ring substituents is 1. The van der Waals surface area contributed by atoms with Crippen LogP contribution in [0.4, 0.5) is 5.69 Å². The smallest absolute Gasteiger partial charge is 0.269 e. The Labute approximate surface area is 111 Å². The Bertz CT molecular complexity index is 453. The van der Waals surface area contributed by atoms with E-state index < -0.39 is 4.92 Å². The third-order valence-corrected chi connectivity index (χ3v) is 3.42. The zero-order valence-electron chi connectivity index (χ0n) is 10.7. The summed E-state index contributed by atoms with van der Waals surface area (Å²) < 4.78 is 0. The number of carbonyl (C=O) groups excluding carboxylic acids is 1. The molecule has 0 atom stereocenters. The predicted octanol–water partition coefficient (Wildman–Crippen LogP) is 0.00330. The van der Waals surface area contributed by atoms with E-state index in [0.717, 1.165) is 6.54 Å². The maximum absolute atomic E-state index is 11.8. The van der Waals surface area contributed by atoms with Crippen molar-refractivity contribution in [2.24, 2.45) is 0 Å². The fourth-order valence-corrected chi connectivity index (χ4v) is 2.31. The van der Waals surface area contributed by atoms with E-state index in [-0.39, 0.29) is 11.6 Å². The summed E-state index contributed by atoms with van der Waals surface area (Å²) in [6.45, 7) is 3.96. The number of hydrogen-bond donors (Lipinski definition) is 2. The van der Waals surface area contributed by atoms with Crippen molar-refractivity contribution in [1.82, 2.24) is 5.32 Å². The van der Waals surface area contributed by atoms with E-state index in [2.05, 4.69) is 5.32 Å². The largest absolute Gasteiger partial charge is 0.346 e. The number of nitro groups is 1. The molecule has 1 amide bonds. The molecule has 6 heteroatoms. The first-order valence-corrected chi connectivity index (χ1v) is 6.53. The van der Waals surface area contributed by atoms with Crippen LogP contribution in [0, 0.1) is 10.1 Å². The lowest BCUT2D eigenvalue weighted by molar-refractivity contribution is -0.886. The number of nitrogens with zero attached hydrogens (tertiary/aromatic N) is 1. The van der Waals surface area contributed by atoms with E-state index in [1.54, 1.807) is 0 Å². The number of hydrogen-bond acceptors (Lipinski definition) is 3. The van der Waals surface area contributed by atoms with Crippen LogP contribution in [0.2, 0.25) is 0 Å². The van der Waals surface area contributed by atoms with E-state index in [9.17, 15) is 14.9 Å². The highest BCUT2D eigenvalue weighted by Gasteiger charge is 2.15. The quantitative estimate of drug-likeness (QED) is 0.580. The van der Waals surface area contributed by atoms with Crippen molar-refractivity contribution in [3.8, 4) is 0 Å². The van der Waals surface area contributed by atoms with Crippen LogP contribution >= 0.6 is 0 Å². The summed E-state index contributed by atoms with van der Waals surface area (Å²) in [4.78, 5) is 23.4. The summed E-state index contributed by atoms with van der Waals surface area (Å²) in [6.07, 6.45) is 2.54. The molecule has 0 radical (unpaired) electrons. The second kappa shape index (κ2) is 6.29. The minimum atomic E-state index is -0.474. The van der Waals surface area contributed by atoms with Gasteiger partial charge in [-0.25, -0.2) is 0 Å². The topological polar surface area (TPSA) is 76.7 Å². The minimum absolute atomic E-state index is 0.00180. The van der Waals surface area contributed by atoms with Crippen LogP contribution in [0.5, 0.6) is 0 Å². The van der Waals surface area contributed by atoms with Crippen molar-refractivity contribution in [1.29, 1.82) is 0 Å². The lowest BCUT2D eigenvalue weighted by atomic mass is 10.2. The maximum Gasteiger partial charge on any atom is 0.269 e. The van der Waals surface area contributed by atoms with Crippen molar-refractivity contribution in [2.45, 2.75) is 12.8 Å². The second-order valence-corrected chi connectivity index (χ2v) is 4.77. The van der Waals surface area contributed by atoms with Crippen molar-refractivity contribution >= 4 is 11.6 Å². The highest BCUT2D eigenvalue weighted by molar-refractivity contribution is 5.94. The number of amides is 1. The van der Waals surface area contributed by atoms with Crippen LogP contribution in [0.1, 0.15) is 23.2 Å². The lowest BCUT2D eigenvalue weighted by Gasteiger charge is -2.12. The second-order valence-electron chi connectivity index (χ2n) is 4.77. The van der Waals surface area contributed by atoms with Crippen molar-refractivity contribution in [2.75, 3.05) is 26.2 Å². The Kier molecular flexibility index (Phi) is 4.46. The molecule has 0 aliphatic carbocycles. The molecule has 0 aromatic heterocycles. The summed E-state index contributed by atoms with van der Waals surface area (Å²) in [5, 5.41) is 13.3. The standard InChI is InChI=1S/C13H17N3O3/c17-13(14-7-10-15-8-1-2-9-15)11-3-5-12(6-4-11)16(18)19/h3-6H,1-2,7-10H2,(H,14,17)/p+1. The predicted molar refractivity (Wildman–Crippen MR) is 70.2 cm³/mol.